The molecule has 0 aliphatic rings. The summed E-state index contributed by atoms with van der Waals surface area (Å²) in [7, 11) is 0. The highest BCUT2D eigenvalue weighted by atomic mass is 16.3. The van der Waals surface area contributed by atoms with E-state index in [2.05, 4.69) is 96.0 Å². The van der Waals surface area contributed by atoms with Crippen LogP contribution >= 0.6 is 0 Å². The van der Waals surface area contributed by atoms with Crippen LogP contribution < -0.4 is 0 Å². The van der Waals surface area contributed by atoms with Gasteiger partial charge in [0, 0.05) is 39.2 Å². The van der Waals surface area contributed by atoms with Gasteiger partial charge in [0.25, 0.3) is 0 Å². The largest absolute Gasteiger partial charge is 0.454 e. The van der Waals surface area contributed by atoms with Crippen molar-refractivity contribution in [3.05, 3.63) is 158 Å². The van der Waals surface area contributed by atoms with Crippen LogP contribution in [0.1, 0.15) is 0 Å². The van der Waals surface area contributed by atoms with Crippen LogP contribution in [-0.4, -0.2) is 19.9 Å². The summed E-state index contributed by atoms with van der Waals surface area (Å²) in [4.78, 5) is 19.4. The SMILES string of the molecule is c1ccc(-c2cccc(-c3nc(-c4ccccc4)nc(-c4ccc(-c5cncc6oc7cc8ccccc8cc7c56)cc4)n3)c2)cc1. The number of fused-ring (bicyclic) bond motifs is 4. The highest BCUT2D eigenvalue weighted by Gasteiger charge is 2.16. The van der Waals surface area contributed by atoms with Gasteiger partial charge in [-0.15, -0.1) is 0 Å². The van der Waals surface area contributed by atoms with E-state index in [0.29, 0.717) is 17.5 Å². The molecule has 0 aliphatic heterocycles. The normalized spacial score (nSPS) is 11.4. The van der Waals surface area contributed by atoms with Gasteiger partial charge >= 0.3 is 0 Å². The van der Waals surface area contributed by atoms with Crippen LogP contribution in [0, 0.1) is 0 Å². The van der Waals surface area contributed by atoms with Crippen LogP contribution in [0.15, 0.2) is 162 Å². The van der Waals surface area contributed by atoms with Gasteiger partial charge < -0.3 is 4.42 Å². The molecule has 0 saturated carbocycles. The molecule has 3 aromatic heterocycles. The van der Waals surface area contributed by atoms with Crippen LogP contribution in [-0.2, 0) is 0 Å². The van der Waals surface area contributed by atoms with Crippen molar-refractivity contribution >= 4 is 32.7 Å². The van der Waals surface area contributed by atoms with E-state index in [1.165, 1.54) is 5.39 Å². The molecule has 9 aromatic rings. The third kappa shape index (κ3) is 4.91. The fourth-order valence-electron chi connectivity index (χ4n) is 6.25. The lowest BCUT2D eigenvalue weighted by atomic mass is 9.99. The molecule has 3 heterocycles. The summed E-state index contributed by atoms with van der Waals surface area (Å²) in [5.41, 5.74) is 8.70. The first kappa shape index (κ1) is 26.9. The summed E-state index contributed by atoms with van der Waals surface area (Å²) < 4.78 is 6.27. The van der Waals surface area contributed by atoms with Crippen molar-refractivity contribution < 1.29 is 4.42 Å². The second-order valence-electron chi connectivity index (χ2n) is 11.6. The molecule has 5 nitrogen and oxygen atoms in total. The number of rotatable bonds is 5. The maximum absolute atomic E-state index is 6.27. The number of hydrogen-bond donors (Lipinski definition) is 0. The summed E-state index contributed by atoms with van der Waals surface area (Å²) in [5.74, 6) is 1.87. The molecule has 0 bridgehead atoms. The maximum Gasteiger partial charge on any atom is 0.164 e. The Kier molecular flexibility index (Phi) is 6.39. The Morgan fingerprint density at radius 1 is 0.383 bits per heavy atom. The Morgan fingerprint density at radius 3 is 1.66 bits per heavy atom. The van der Waals surface area contributed by atoms with Crippen molar-refractivity contribution in [2.24, 2.45) is 0 Å². The van der Waals surface area contributed by atoms with Crippen LogP contribution in [0.2, 0.25) is 0 Å². The minimum Gasteiger partial charge on any atom is -0.454 e. The molecule has 0 unspecified atom stereocenters. The zero-order valence-corrected chi connectivity index (χ0v) is 25.2. The van der Waals surface area contributed by atoms with E-state index in [0.717, 1.165) is 66.3 Å². The first-order valence-corrected chi connectivity index (χ1v) is 15.5. The number of hydrogen-bond acceptors (Lipinski definition) is 5. The molecule has 0 amide bonds. The zero-order valence-electron chi connectivity index (χ0n) is 25.2. The smallest absolute Gasteiger partial charge is 0.164 e. The Bertz CT molecular complexity index is 2560. The van der Waals surface area contributed by atoms with Gasteiger partial charge in [-0.25, -0.2) is 15.0 Å². The molecule has 0 atom stereocenters. The Morgan fingerprint density at radius 2 is 0.936 bits per heavy atom. The Balaban J connectivity index is 1.15. The lowest BCUT2D eigenvalue weighted by molar-refractivity contribution is 0.667. The Labute approximate surface area is 270 Å². The number of pyridine rings is 1. The van der Waals surface area contributed by atoms with Gasteiger partial charge in [0.1, 0.15) is 5.58 Å². The van der Waals surface area contributed by atoms with E-state index in [9.17, 15) is 0 Å². The van der Waals surface area contributed by atoms with E-state index in [4.69, 9.17) is 19.4 Å². The fraction of sp³-hybridized carbons (Fsp3) is 0. The number of benzene rings is 6. The van der Waals surface area contributed by atoms with Crippen molar-refractivity contribution in [1.29, 1.82) is 0 Å². The highest BCUT2D eigenvalue weighted by Crippen LogP contribution is 2.38. The minimum absolute atomic E-state index is 0.613. The third-order valence-electron chi connectivity index (χ3n) is 8.60. The van der Waals surface area contributed by atoms with Crippen LogP contribution in [0.5, 0.6) is 0 Å². The van der Waals surface area contributed by atoms with Gasteiger partial charge in [0.2, 0.25) is 0 Å². The van der Waals surface area contributed by atoms with Gasteiger partial charge in [-0.2, -0.15) is 0 Å². The summed E-state index contributed by atoms with van der Waals surface area (Å²) >= 11 is 0. The third-order valence-corrected chi connectivity index (χ3v) is 8.60. The van der Waals surface area contributed by atoms with Gasteiger partial charge in [0.15, 0.2) is 23.1 Å². The standard InChI is InChI=1S/C42H26N4O/c1-3-10-27(11-4-1)31-16-9-17-34(22-31)42-45-40(29-12-5-2-6-13-29)44-41(46-42)30-20-18-28(19-21-30)36-25-43-26-38-39(36)35-23-32-14-7-8-15-33(32)24-37(35)47-38/h1-26H. The van der Waals surface area contributed by atoms with Gasteiger partial charge in [-0.3, -0.25) is 4.98 Å². The van der Waals surface area contributed by atoms with Crippen molar-refractivity contribution in [1.82, 2.24) is 19.9 Å². The maximum atomic E-state index is 6.27. The Hall–Kier alpha value is -6.46. The van der Waals surface area contributed by atoms with Crippen LogP contribution in [0.4, 0.5) is 0 Å². The molecule has 0 radical (unpaired) electrons. The molecular weight excluding hydrogens is 576 g/mol. The van der Waals surface area contributed by atoms with E-state index in [-0.39, 0.29) is 0 Å². The van der Waals surface area contributed by atoms with Crippen LogP contribution in [0.3, 0.4) is 0 Å². The van der Waals surface area contributed by atoms with Crippen molar-refractivity contribution in [3.8, 4) is 56.4 Å². The quantitative estimate of drug-likeness (QED) is 0.196. The first-order chi connectivity index (χ1) is 23.3. The van der Waals surface area contributed by atoms with Gasteiger partial charge in [-0.1, -0.05) is 127 Å². The molecule has 0 fully saturated rings. The molecule has 47 heavy (non-hydrogen) atoms. The molecule has 220 valence electrons. The van der Waals surface area contributed by atoms with Crippen molar-refractivity contribution in [3.63, 3.8) is 0 Å². The second kappa shape index (κ2) is 11.2. The lowest BCUT2D eigenvalue weighted by Crippen LogP contribution is -2.00. The average molecular weight is 603 g/mol. The summed E-state index contributed by atoms with van der Waals surface area (Å²) in [6.45, 7) is 0. The molecule has 0 aliphatic carbocycles. The minimum atomic E-state index is 0.613. The number of nitrogens with zero attached hydrogens (tertiary/aromatic N) is 4. The fourth-order valence-corrected chi connectivity index (χ4v) is 6.25. The predicted molar refractivity (Wildman–Crippen MR) is 190 cm³/mol. The monoisotopic (exact) mass is 602 g/mol. The lowest BCUT2D eigenvalue weighted by Gasteiger charge is -2.10. The van der Waals surface area contributed by atoms with E-state index in [1.54, 1.807) is 6.20 Å². The first-order valence-electron chi connectivity index (χ1n) is 15.5. The molecule has 5 heteroatoms. The molecule has 6 aromatic carbocycles. The summed E-state index contributed by atoms with van der Waals surface area (Å²) in [6.07, 6.45) is 3.71. The van der Waals surface area contributed by atoms with Crippen LogP contribution in [0.25, 0.3) is 89.1 Å². The van der Waals surface area contributed by atoms with Gasteiger partial charge in [-0.05, 0) is 45.7 Å². The van der Waals surface area contributed by atoms with Crippen molar-refractivity contribution in [2.75, 3.05) is 0 Å². The zero-order chi connectivity index (χ0) is 31.2. The number of furan rings is 1. The van der Waals surface area contributed by atoms with Gasteiger partial charge in [0.05, 0.1) is 6.20 Å². The number of aromatic nitrogens is 4. The summed E-state index contributed by atoms with van der Waals surface area (Å²) in [5, 5.41) is 4.46. The molecule has 0 N–H and O–H groups in total. The van der Waals surface area contributed by atoms with E-state index < -0.39 is 0 Å². The predicted octanol–water partition coefficient (Wildman–Crippen LogP) is 10.7. The van der Waals surface area contributed by atoms with E-state index in [1.807, 2.05) is 60.8 Å². The molecule has 0 saturated heterocycles. The van der Waals surface area contributed by atoms with E-state index >= 15 is 0 Å². The molecular formula is C42H26N4O. The highest BCUT2D eigenvalue weighted by molar-refractivity contribution is 6.15. The average Bonchev–Trinajstić information content (AvgIpc) is 3.52. The second-order valence-corrected chi connectivity index (χ2v) is 11.6. The topological polar surface area (TPSA) is 64.7 Å². The van der Waals surface area contributed by atoms with Crippen molar-refractivity contribution in [2.45, 2.75) is 0 Å². The summed E-state index contributed by atoms with van der Waals surface area (Å²) in [6, 6.07) is 49.8. The molecule has 0 spiro atoms. The molecule has 9 rings (SSSR count).